The molecular formula is C26H24F3N5O. The maximum atomic E-state index is 13.6. The number of hydrogen-bond donors (Lipinski definition) is 1. The normalized spacial score (nSPS) is 11.3. The first-order chi connectivity index (χ1) is 16.7. The Morgan fingerprint density at radius 3 is 2.31 bits per heavy atom. The minimum atomic E-state index is -2.76. The van der Waals surface area contributed by atoms with Crippen molar-refractivity contribution in [2.45, 2.75) is 39.7 Å². The molecule has 0 spiro atoms. The first kappa shape index (κ1) is 24.1. The van der Waals surface area contributed by atoms with Gasteiger partial charge in [0.2, 0.25) is 11.8 Å². The number of ether oxygens (including phenoxy) is 1. The highest BCUT2D eigenvalue weighted by Gasteiger charge is 2.21. The number of halogens is 3. The smallest absolute Gasteiger partial charge is 0.280 e. The van der Waals surface area contributed by atoms with Gasteiger partial charge in [0.1, 0.15) is 18.1 Å². The zero-order valence-corrected chi connectivity index (χ0v) is 19.5. The molecule has 180 valence electrons. The van der Waals surface area contributed by atoms with Crippen molar-refractivity contribution in [1.29, 1.82) is 0 Å². The highest BCUT2D eigenvalue weighted by molar-refractivity contribution is 5.83. The summed E-state index contributed by atoms with van der Waals surface area (Å²) in [5.74, 6) is 0.149. The Bertz CT molecular complexity index is 1340. The first-order valence-electron chi connectivity index (χ1n) is 11.0. The van der Waals surface area contributed by atoms with E-state index in [0.29, 0.717) is 39.7 Å². The molecule has 0 amide bonds. The van der Waals surface area contributed by atoms with E-state index in [1.807, 2.05) is 26.0 Å². The second-order valence-electron chi connectivity index (χ2n) is 8.33. The van der Waals surface area contributed by atoms with Crippen LogP contribution in [0.3, 0.4) is 0 Å². The van der Waals surface area contributed by atoms with Crippen LogP contribution in [0.15, 0.2) is 54.6 Å². The molecule has 6 nitrogen and oxygen atoms in total. The van der Waals surface area contributed by atoms with E-state index < -0.39 is 12.2 Å². The lowest BCUT2D eigenvalue weighted by atomic mass is 9.97. The molecular weight excluding hydrogens is 455 g/mol. The highest BCUT2D eigenvalue weighted by atomic mass is 19.3. The molecule has 0 bridgehead atoms. The molecule has 3 heterocycles. The van der Waals surface area contributed by atoms with Gasteiger partial charge < -0.3 is 10.5 Å². The molecule has 2 N–H and O–H groups in total. The molecule has 3 aromatic heterocycles. The number of anilines is 1. The Morgan fingerprint density at radius 1 is 0.886 bits per heavy atom. The summed E-state index contributed by atoms with van der Waals surface area (Å²) in [6.45, 7) is 5.63. The van der Waals surface area contributed by atoms with Gasteiger partial charge in [0.05, 0.1) is 11.4 Å². The molecule has 9 heteroatoms. The van der Waals surface area contributed by atoms with Crippen LogP contribution in [0.1, 0.15) is 49.0 Å². The maximum Gasteiger partial charge on any atom is 0.280 e. The lowest BCUT2D eigenvalue weighted by molar-refractivity contribution is 0.146. The van der Waals surface area contributed by atoms with E-state index in [-0.39, 0.29) is 24.2 Å². The number of nitrogens with two attached hydrogens (primary N) is 1. The summed E-state index contributed by atoms with van der Waals surface area (Å²) in [6.07, 6.45) is -2.76. The molecule has 35 heavy (non-hydrogen) atoms. The molecule has 0 aliphatic rings. The number of pyridine rings is 2. The predicted octanol–water partition coefficient (Wildman–Crippen LogP) is 6.27. The monoisotopic (exact) mass is 479 g/mol. The average Bonchev–Trinajstić information content (AvgIpc) is 2.82. The molecule has 1 aromatic carbocycles. The summed E-state index contributed by atoms with van der Waals surface area (Å²) in [5.41, 5.74) is 9.06. The summed E-state index contributed by atoms with van der Waals surface area (Å²) >= 11 is 0. The summed E-state index contributed by atoms with van der Waals surface area (Å²) in [4.78, 5) is 17.2. The number of benzene rings is 1. The standard InChI is InChI=1S/C26H24F3N5O/c1-14(2)19-5-4-6-22(32-19)35-13-21-23(17-11-15(3)31-20(12-17)25(28)29)24(34-26(30)33-21)16-7-9-18(27)10-8-16/h4-12,14,25H,13H2,1-3H3,(H2,30,33,34). The number of hydrogen-bond acceptors (Lipinski definition) is 6. The molecule has 0 aliphatic carbocycles. The van der Waals surface area contributed by atoms with Crippen molar-refractivity contribution >= 4 is 5.95 Å². The van der Waals surface area contributed by atoms with Crippen LogP contribution in [0.2, 0.25) is 0 Å². The Balaban J connectivity index is 1.86. The van der Waals surface area contributed by atoms with Gasteiger partial charge in [0.25, 0.3) is 6.43 Å². The first-order valence-corrected chi connectivity index (χ1v) is 11.0. The van der Waals surface area contributed by atoms with Crippen LogP contribution in [0.25, 0.3) is 22.4 Å². The number of alkyl halides is 2. The van der Waals surface area contributed by atoms with E-state index in [0.717, 1.165) is 5.69 Å². The van der Waals surface area contributed by atoms with Gasteiger partial charge in [-0.05, 0) is 60.9 Å². The molecule has 0 aliphatic heterocycles. The van der Waals surface area contributed by atoms with Crippen LogP contribution in [0.5, 0.6) is 5.88 Å². The predicted molar refractivity (Wildman–Crippen MR) is 127 cm³/mol. The molecule has 0 radical (unpaired) electrons. The van der Waals surface area contributed by atoms with Crippen LogP contribution >= 0.6 is 0 Å². The van der Waals surface area contributed by atoms with E-state index in [1.54, 1.807) is 31.2 Å². The largest absolute Gasteiger partial charge is 0.471 e. The fraction of sp³-hybridized carbons (Fsp3) is 0.231. The van der Waals surface area contributed by atoms with Gasteiger partial charge in [-0.3, -0.25) is 4.98 Å². The average molecular weight is 480 g/mol. The van der Waals surface area contributed by atoms with Crippen molar-refractivity contribution in [2.75, 3.05) is 5.73 Å². The van der Waals surface area contributed by atoms with Crippen LogP contribution < -0.4 is 10.5 Å². The van der Waals surface area contributed by atoms with Gasteiger partial charge >= 0.3 is 0 Å². The van der Waals surface area contributed by atoms with E-state index in [4.69, 9.17) is 10.5 Å². The van der Waals surface area contributed by atoms with Gasteiger partial charge in [0, 0.05) is 28.6 Å². The zero-order chi connectivity index (χ0) is 25.1. The topological polar surface area (TPSA) is 86.8 Å². The molecule has 0 atom stereocenters. The molecule has 4 aromatic rings. The van der Waals surface area contributed by atoms with Gasteiger partial charge in [-0.25, -0.2) is 28.1 Å². The van der Waals surface area contributed by atoms with Gasteiger partial charge in [0.15, 0.2) is 0 Å². The summed E-state index contributed by atoms with van der Waals surface area (Å²) in [7, 11) is 0. The lowest BCUT2D eigenvalue weighted by Crippen LogP contribution is -2.09. The van der Waals surface area contributed by atoms with Crippen LogP contribution in [0, 0.1) is 12.7 Å². The number of rotatable bonds is 7. The zero-order valence-electron chi connectivity index (χ0n) is 19.5. The molecule has 0 saturated heterocycles. The van der Waals surface area contributed by atoms with Gasteiger partial charge in [-0.2, -0.15) is 0 Å². The van der Waals surface area contributed by atoms with Crippen molar-refractivity contribution < 1.29 is 17.9 Å². The van der Waals surface area contributed by atoms with E-state index in [1.165, 1.54) is 18.2 Å². The molecule has 0 fully saturated rings. The third-order valence-electron chi connectivity index (χ3n) is 5.30. The molecule has 0 saturated carbocycles. The van der Waals surface area contributed by atoms with Gasteiger partial charge in [-0.1, -0.05) is 19.9 Å². The van der Waals surface area contributed by atoms with Gasteiger partial charge in [-0.15, -0.1) is 0 Å². The summed E-state index contributed by atoms with van der Waals surface area (Å²) in [5, 5.41) is 0. The minimum absolute atomic E-state index is 0.0320. The number of aromatic nitrogens is 4. The van der Waals surface area contributed by atoms with Crippen molar-refractivity contribution in [3.8, 4) is 28.3 Å². The minimum Gasteiger partial charge on any atom is -0.471 e. The third-order valence-corrected chi connectivity index (χ3v) is 5.30. The molecule has 0 unspecified atom stereocenters. The number of aryl methyl sites for hydroxylation is 1. The van der Waals surface area contributed by atoms with Crippen LogP contribution in [-0.2, 0) is 6.61 Å². The fourth-order valence-corrected chi connectivity index (χ4v) is 3.68. The number of nitrogens with zero attached hydrogens (tertiary/aromatic N) is 4. The van der Waals surface area contributed by atoms with Crippen molar-refractivity contribution in [3.63, 3.8) is 0 Å². The Morgan fingerprint density at radius 2 is 1.63 bits per heavy atom. The SMILES string of the molecule is Cc1cc(-c2c(COc3cccc(C(C)C)n3)nc(N)nc2-c2ccc(F)cc2)cc(C(F)F)n1. The van der Waals surface area contributed by atoms with Crippen LogP contribution in [0.4, 0.5) is 19.1 Å². The highest BCUT2D eigenvalue weighted by Crippen LogP contribution is 2.36. The molecule has 4 rings (SSSR count). The van der Waals surface area contributed by atoms with E-state index in [2.05, 4.69) is 19.9 Å². The Hall–Kier alpha value is -4.01. The fourth-order valence-electron chi connectivity index (χ4n) is 3.68. The second-order valence-corrected chi connectivity index (χ2v) is 8.33. The van der Waals surface area contributed by atoms with Crippen molar-refractivity contribution in [3.05, 3.63) is 83.2 Å². The second kappa shape index (κ2) is 10.1. The Kier molecular flexibility index (Phi) is 6.95. The summed E-state index contributed by atoms with van der Waals surface area (Å²) < 4.78 is 46.7. The van der Waals surface area contributed by atoms with Crippen molar-refractivity contribution in [2.24, 2.45) is 0 Å². The van der Waals surface area contributed by atoms with Crippen molar-refractivity contribution in [1.82, 2.24) is 19.9 Å². The summed E-state index contributed by atoms with van der Waals surface area (Å²) in [6, 6.07) is 14.1. The third kappa shape index (κ3) is 5.56. The van der Waals surface area contributed by atoms with Crippen LogP contribution in [-0.4, -0.2) is 19.9 Å². The lowest BCUT2D eigenvalue weighted by Gasteiger charge is -2.17. The van der Waals surface area contributed by atoms with E-state index in [9.17, 15) is 13.2 Å². The number of nitrogen functional groups attached to an aromatic ring is 1. The van der Waals surface area contributed by atoms with E-state index >= 15 is 0 Å². The Labute approximate surface area is 201 Å². The maximum absolute atomic E-state index is 13.6. The quantitative estimate of drug-likeness (QED) is 0.336.